The van der Waals surface area contributed by atoms with Crippen LogP contribution in [0.5, 0.6) is 0 Å². The van der Waals surface area contributed by atoms with Crippen LogP contribution < -0.4 is 0 Å². The van der Waals surface area contributed by atoms with Gasteiger partial charge < -0.3 is 14.2 Å². The first-order valence-electron chi connectivity index (χ1n) is 29.3. The first-order chi connectivity index (χ1) is 31.8. The van der Waals surface area contributed by atoms with Crippen molar-refractivity contribution in [3.05, 3.63) is 0 Å². The standard InChI is InChI=1S/C59H114O6/c1-6-8-9-10-11-12-13-14-15-16-17-18-21-24-27-30-33-39-44-49-57(60)63-52-56(65-59(62)51-46-41-36-35-38-43-48-55(5)7-2)53-64-58(61)50-45-40-34-31-28-25-22-19-20-23-26-29-32-37-42-47-54(3)4/h54-56H,6-53H2,1-5H3/t55?,56-/m0/s1. The molecule has 0 saturated heterocycles. The largest absolute Gasteiger partial charge is 0.462 e. The van der Waals surface area contributed by atoms with Crippen LogP contribution in [0, 0.1) is 11.8 Å². The van der Waals surface area contributed by atoms with Gasteiger partial charge >= 0.3 is 17.9 Å². The molecule has 0 heterocycles. The van der Waals surface area contributed by atoms with Crippen LogP contribution in [0.1, 0.15) is 330 Å². The highest BCUT2D eigenvalue weighted by molar-refractivity contribution is 5.71. The highest BCUT2D eigenvalue weighted by Gasteiger charge is 2.19. The Labute approximate surface area is 406 Å². The normalized spacial score (nSPS) is 12.5. The van der Waals surface area contributed by atoms with E-state index in [2.05, 4.69) is 34.6 Å². The Hall–Kier alpha value is -1.59. The van der Waals surface area contributed by atoms with Crippen LogP contribution in [0.15, 0.2) is 0 Å². The second-order valence-electron chi connectivity index (χ2n) is 21.0. The molecule has 0 aromatic rings. The van der Waals surface area contributed by atoms with E-state index < -0.39 is 6.10 Å². The predicted molar refractivity (Wildman–Crippen MR) is 280 cm³/mol. The number of carbonyl (C=O) groups is 3. The third-order valence-corrected chi connectivity index (χ3v) is 13.8. The third kappa shape index (κ3) is 51.6. The number of hydrogen-bond acceptors (Lipinski definition) is 6. The summed E-state index contributed by atoms with van der Waals surface area (Å²) in [5, 5.41) is 0. The van der Waals surface area contributed by atoms with E-state index in [1.807, 2.05) is 0 Å². The van der Waals surface area contributed by atoms with Crippen molar-refractivity contribution in [3.63, 3.8) is 0 Å². The molecule has 0 aromatic heterocycles. The summed E-state index contributed by atoms with van der Waals surface area (Å²) < 4.78 is 16.9. The van der Waals surface area contributed by atoms with E-state index in [4.69, 9.17) is 14.2 Å². The molecule has 0 fully saturated rings. The second kappa shape index (κ2) is 51.8. The zero-order valence-corrected chi connectivity index (χ0v) is 44.6. The molecule has 65 heavy (non-hydrogen) atoms. The van der Waals surface area contributed by atoms with E-state index in [0.29, 0.717) is 19.3 Å². The lowest BCUT2D eigenvalue weighted by Crippen LogP contribution is -2.30. The highest BCUT2D eigenvalue weighted by atomic mass is 16.6. The van der Waals surface area contributed by atoms with E-state index in [-0.39, 0.29) is 31.1 Å². The smallest absolute Gasteiger partial charge is 0.306 e. The molecule has 0 aromatic carbocycles. The van der Waals surface area contributed by atoms with Crippen molar-refractivity contribution >= 4 is 17.9 Å². The van der Waals surface area contributed by atoms with Gasteiger partial charge in [0.05, 0.1) is 0 Å². The molecule has 6 nitrogen and oxygen atoms in total. The number of rotatable bonds is 53. The Morgan fingerprint density at radius 3 is 0.877 bits per heavy atom. The van der Waals surface area contributed by atoms with Gasteiger partial charge in [0, 0.05) is 19.3 Å². The summed E-state index contributed by atoms with van der Waals surface area (Å²) in [6.07, 6.45) is 55.3. The molecule has 0 N–H and O–H groups in total. The Kier molecular flexibility index (Phi) is 50.5. The van der Waals surface area contributed by atoms with Crippen molar-refractivity contribution in [1.82, 2.24) is 0 Å². The summed E-state index contributed by atoms with van der Waals surface area (Å²) in [6.45, 7) is 11.4. The maximum atomic E-state index is 12.8. The van der Waals surface area contributed by atoms with Gasteiger partial charge in [-0.15, -0.1) is 0 Å². The van der Waals surface area contributed by atoms with Crippen molar-refractivity contribution in [2.24, 2.45) is 11.8 Å². The van der Waals surface area contributed by atoms with E-state index >= 15 is 0 Å². The SMILES string of the molecule is CCCCCCCCCCCCCCCCCCCCCC(=O)OC[C@@H](COC(=O)CCCCCCCCCCCCCCCCCC(C)C)OC(=O)CCCCCCCCC(C)CC. The maximum absolute atomic E-state index is 12.8. The van der Waals surface area contributed by atoms with Crippen LogP contribution in [0.2, 0.25) is 0 Å². The first kappa shape index (κ1) is 63.4. The lowest BCUT2D eigenvalue weighted by molar-refractivity contribution is -0.167. The fourth-order valence-corrected chi connectivity index (χ4v) is 9.02. The summed E-state index contributed by atoms with van der Waals surface area (Å²) in [7, 11) is 0. The number of unbranched alkanes of at least 4 members (excludes halogenated alkanes) is 37. The summed E-state index contributed by atoms with van der Waals surface area (Å²) in [6, 6.07) is 0. The fourth-order valence-electron chi connectivity index (χ4n) is 9.02. The molecule has 386 valence electrons. The van der Waals surface area contributed by atoms with E-state index in [9.17, 15) is 14.4 Å². The second-order valence-corrected chi connectivity index (χ2v) is 21.0. The van der Waals surface area contributed by atoms with Crippen molar-refractivity contribution < 1.29 is 28.6 Å². The van der Waals surface area contributed by atoms with Crippen molar-refractivity contribution in [1.29, 1.82) is 0 Å². The Balaban J connectivity index is 4.21. The topological polar surface area (TPSA) is 78.9 Å². The zero-order chi connectivity index (χ0) is 47.5. The van der Waals surface area contributed by atoms with E-state index in [1.165, 1.54) is 218 Å². The lowest BCUT2D eigenvalue weighted by atomic mass is 10.00. The first-order valence-corrected chi connectivity index (χ1v) is 29.3. The molecule has 6 heteroatoms. The van der Waals surface area contributed by atoms with Gasteiger partial charge in [0.1, 0.15) is 13.2 Å². The Morgan fingerprint density at radius 1 is 0.323 bits per heavy atom. The minimum Gasteiger partial charge on any atom is -0.462 e. The molecule has 0 radical (unpaired) electrons. The van der Waals surface area contributed by atoms with Gasteiger partial charge in [0.15, 0.2) is 6.10 Å². The van der Waals surface area contributed by atoms with Gasteiger partial charge in [-0.2, -0.15) is 0 Å². The van der Waals surface area contributed by atoms with E-state index in [0.717, 1.165) is 69.6 Å². The maximum Gasteiger partial charge on any atom is 0.306 e. The lowest BCUT2D eigenvalue weighted by Gasteiger charge is -2.18. The fraction of sp³-hybridized carbons (Fsp3) is 0.949. The van der Waals surface area contributed by atoms with Crippen LogP contribution in [-0.4, -0.2) is 37.2 Å². The average Bonchev–Trinajstić information content (AvgIpc) is 3.29. The third-order valence-electron chi connectivity index (χ3n) is 13.8. The highest BCUT2D eigenvalue weighted by Crippen LogP contribution is 2.19. The van der Waals surface area contributed by atoms with Gasteiger partial charge in [-0.3, -0.25) is 14.4 Å². The van der Waals surface area contributed by atoms with E-state index in [1.54, 1.807) is 0 Å². The van der Waals surface area contributed by atoms with Crippen LogP contribution in [0.3, 0.4) is 0 Å². The molecule has 0 bridgehead atoms. The Morgan fingerprint density at radius 2 is 0.585 bits per heavy atom. The molecule has 0 aliphatic carbocycles. The summed E-state index contributed by atoms with van der Waals surface area (Å²) in [4.78, 5) is 38.1. The molecule has 0 spiro atoms. The molecule has 0 saturated carbocycles. The number of carbonyl (C=O) groups excluding carboxylic acids is 3. The zero-order valence-electron chi connectivity index (χ0n) is 44.6. The average molecular weight is 920 g/mol. The molecule has 0 aliphatic heterocycles. The van der Waals surface area contributed by atoms with Crippen molar-refractivity contribution in [2.75, 3.05) is 13.2 Å². The number of esters is 3. The van der Waals surface area contributed by atoms with Gasteiger partial charge in [-0.1, -0.05) is 291 Å². The minimum atomic E-state index is -0.763. The monoisotopic (exact) mass is 919 g/mol. The van der Waals surface area contributed by atoms with Crippen LogP contribution in [0.4, 0.5) is 0 Å². The quantitative estimate of drug-likeness (QED) is 0.0344. The molecular formula is C59H114O6. The predicted octanol–water partition coefficient (Wildman–Crippen LogP) is 19.3. The van der Waals surface area contributed by atoms with Crippen molar-refractivity contribution in [3.8, 4) is 0 Å². The Bertz CT molecular complexity index is 995. The summed E-state index contributed by atoms with van der Waals surface area (Å²) in [5.41, 5.74) is 0. The van der Waals surface area contributed by atoms with Gasteiger partial charge in [-0.25, -0.2) is 0 Å². The number of ether oxygens (including phenoxy) is 3. The van der Waals surface area contributed by atoms with Crippen LogP contribution in [-0.2, 0) is 28.6 Å². The van der Waals surface area contributed by atoms with Gasteiger partial charge in [0.25, 0.3) is 0 Å². The van der Waals surface area contributed by atoms with Crippen LogP contribution >= 0.6 is 0 Å². The minimum absolute atomic E-state index is 0.0638. The molecule has 2 atom stereocenters. The molecule has 1 unspecified atom stereocenters. The van der Waals surface area contributed by atoms with Crippen molar-refractivity contribution in [2.45, 2.75) is 336 Å². The molecule has 0 amide bonds. The number of hydrogen-bond donors (Lipinski definition) is 0. The molecular weight excluding hydrogens is 805 g/mol. The van der Waals surface area contributed by atoms with Gasteiger partial charge in [-0.05, 0) is 31.1 Å². The summed E-state index contributed by atoms with van der Waals surface area (Å²) in [5.74, 6) is 0.815. The summed E-state index contributed by atoms with van der Waals surface area (Å²) >= 11 is 0. The van der Waals surface area contributed by atoms with Crippen LogP contribution in [0.25, 0.3) is 0 Å². The molecule has 0 aliphatic rings. The molecule has 0 rings (SSSR count). The van der Waals surface area contributed by atoms with Gasteiger partial charge in [0.2, 0.25) is 0 Å².